The minimum absolute atomic E-state index is 0.930. The van der Waals surface area contributed by atoms with E-state index in [4.69, 9.17) is 0 Å². The molecule has 0 amide bonds. The molecule has 0 aromatic heterocycles. The zero-order chi connectivity index (χ0) is 10.2. The van der Waals surface area contributed by atoms with Gasteiger partial charge in [0.15, 0.2) is 0 Å². The van der Waals surface area contributed by atoms with E-state index >= 15 is 0 Å². The van der Waals surface area contributed by atoms with Crippen molar-refractivity contribution in [3.63, 3.8) is 0 Å². The van der Waals surface area contributed by atoms with Gasteiger partial charge in [0.2, 0.25) is 0 Å². The van der Waals surface area contributed by atoms with Crippen LogP contribution in [0.25, 0.3) is 0 Å². The molecule has 1 atom stereocenters. The van der Waals surface area contributed by atoms with E-state index in [1.165, 1.54) is 38.5 Å². The Labute approximate surface area is 91.1 Å². The molecule has 2 heteroatoms. The third-order valence-corrected chi connectivity index (χ3v) is 6.95. The van der Waals surface area contributed by atoms with Gasteiger partial charge in [-0.2, -0.15) is 0 Å². The van der Waals surface area contributed by atoms with Crippen molar-refractivity contribution in [2.24, 2.45) is 5.92 Å². The molecule has 0 spiro atoms. The Morgan fingerprint density at radius 1 is 0.929 bits per heavy atom. The molecular weight excluding hydrogens is 183 g/mol. The van der Waals surface area contributed by atoms with Crippen LogP contribution in [0.1, 0.15) is 38.5 Å². The first-order valence-electron chi connectivity index (χ1n) is 6.42. The highest BCUT2D eigenvalue weighted by Gasteiger charge is 2.38. The van der Waals surface area contributed by atoms with Crippen molar-refractivity contribution in [3.8, 4) is 0 Å². The summed E-state index contributed by atoms with van der Waals surface area (Å²) in [5.74, 6) is 2.05. The molecule has 0 nitrogen and oxygen atoms in total. The second kappa shape index (κ2) is 4.04. The lowest BCUT2D eigenvalue weighted by atomic mass is 9.59. The molecule has 2 saturated heterocycles. The molecule has 2 bridgehead atoms. The van der Waals surface area contributed by atoms with Crippen molar-refractivity contribution >= 4 is 15.4 Å². The smallest absolute Gasteiger partial charge is 0.0699 e. The Morgan fingerprint density at radius 2 is 1.50 bits per heavy atom. The first-order chi connectivity index (χ1) is 6.57. The summed E-state index contributed by atoms with van der Waals surface area (Å²) in [6.45, 7) is 7.69. The molecular formula is C12H24BSi. The molecule has 14 heavy (non-hydrogen) atoms. The standard InChI is InChI=1S/C12H24BSi/c1-14(2,3)12-10-6-4-8-11(13-12)9-5-7-10/h10-12H,4-9H2,1-3H3/t10?,11?,12-/m1/s1. The first-order valence-corrected chi connectivity index (χ1v) is 10.00. The Balaban J connectivity index is 2.16. The van der Waals surface area contributed by atoms with Gasteiger partial charge < -0.3 is 0 Å². The van der Waals surface area contributed by atoms with Gasteiger partial charge in [-0.15, -0.1) is 0 Å². The summed E-state index contributed by atoms with van der Waals surface area (Å²) >= 11 is 0. The highest BCUT2D eigenvalue weighted by Crippen LogP contribution is 2.46. The summed E-state index contributed by atoms with van der Waals surface area (Å²) in [6, 6.07) is 0. The number of hydrogen-bond acceptors (Lipinski definition) is 0. The minimum atomic E-state index is -0.930. The monoisotopic (exact) mass is 207 g/mol. The van der Waals surface area contributed by atoms with Crippen LogP contribution in [0.5, 0.6) is 0 Å². The summed E-state index contributed by atoms with van der Waals surface area (Å²) in [5.41, 5.74) is 1.03. The lowest BCUT2D eigenvalue weighted by Gasteiger charge is -2.34. The molecule has 2 rings (SSSR count). The van der Waals surface area contributed by atoms with E-state index in [1.807, 2.05) is 0 Å². The third kappa shape index (κ3) is 2.26. The maximum atomic E-state index is 2.79. The predicted molar refractivity (Wildman–Crippen MR) is 67.8 cm³/mol. The zero-order valence-electron chi connectivity index (χ0n) is 10.1. The average molecular weight is 207 g/mol. The van der Waals surface area contributed by atoms with Crippen molar-refractivity contribution in [3.05, 3.63) is 0 Å². The largest absolute Gasteiger partial charge is 0.114 e. The molecule has 2 aliphatic rings. The zero-order valence-corrected chi connectivity index (χ0v) is 11.1. The van der Waals surface area contributed by atoms with E-state index in [0.717, 1.165) is 17.2 Å². The topological polar surface area (TPSA) is 0 Å². The molecule has 0 aromatic carbocycles. The maximum absolute atomic E-state index is 2.79. The van der Waals surface area contributed by atoms with Gasteiger partial charge in [-0.05, 0) is 5.92 Å². The Hall–Kier alpha value is 0.282. The lowest BCUT2D eigenvalue weighted by molar-refractivity contribution is 0.411. The van der Waals surface area contributed by atoms with Gasteiger partial charge in [0.05, 0.1) is 0 Å². The lowest BCUT2D eigenvalue weighted by Crippen LogP contribution is -2.36. The Kier molecular flexibility index (Phi) is 3.11. The highest BCUT2D eigenvalue weighted by molar-refractivity contribution is 6.85. The van der Waals surface area contributed by atoms with E-state index in [1.54, 1.807) is 0 Å². The quantitative estimate of drug-likeness (QED) is 0.567. The molecule has 0 aromatic rings. The van der Waals surface area contributed by atoms with E-state index in [9.17, 15) is 0 Å². The van der Waals surface area contributed by atoms with Crippen LogP contribution in [0, 0.1) is 5.92 Å². The van der Waals surface area contributed by atoms with E-state index < -0.39 is 8.07 Å². The molecule has 2 aliphatic heterocycles. The van der Waals surface area contributed by atoms with Crippen molar-refractivity contribution in [1.29, 1.82) is 0 Å². The first kappa shape index (κ1) is 10.8. The van der Waals surface area contributed by atoms with Crippen molar-refractivity contribution in [2.75, 3.05) is 0 Å². The van der Waals surface area contributed by atoms with E-state index in [0.29, 0.717) is 0 Å². The molecule has 0 aliphatic carbocycles. The van der Waals surface area contributed by atoms with Gasteiger partial charge in [-0.3, -0.25) is 0 Å². The molecule has 2 heterocycles. The summed E-state index contributed by atoms with van der Waals surface area (Å²) in [4.78, 5) is 0. The fraction of sp³-hybridized carbons (Fsp3) is 1.00. The van der Waals surface area contributed by atoms with Crippen LogP contribution >= 0.6 is 0 Å². The van der Waals surface area contributed by atoms with Gasteiger partial charge >= 0.3 is 0 Å². The van der Waals surface area contributed by atoms with E-state index in [-0.39, 0.29) is 0 Å². The molecule has 0 unspecified atom stereocenters. The van der Waals surface area contributed by atoms with Crippen molar-refractivity contribution in [1.82, 2.24) is 0 Å². The van der Waals surface area contributed by atoms with Crippen LogP contribution in [0.2, 0.25) is 30.9 Å². The molecule has 79 valence electrons. The summed E-state index contributed by atoms with van der Waals surface area (Å²) in [5, 5.41) is 0. The SMILES string of the molecule is C[Si](C)(C)[C@H]1[B]C2CCCC1CCC2. The van der Waals surface area contributed by atoms with Crippen molar-refractivity contribution in [2.45, 2.75) is 69.4 Å². The Bertz CT molecular complexity index is 187. The van der Waals surface area contributed by atoms with Gasteiger partial charge in [0.1, 0.15) is 7.28 Å². The maximum Gasteiger partial charge on any atom is 0.114 e. The van der Waals surface area contributed by atoms with Crippen LogP contribution in [-0.4, -0.2) is 15.4 Å². The Morgan fingerprint density at radius 3 is 2.00 bits per heavy atom. The fourth-order valence-electron chi connectivity index (χ4n) is 3.57. The average Bonchev–Trinajstić information content (AvgIpc) is 2.31. The normalized spacial score (nSPS) is 38.6. The van der Waals surface area contributed by atoms with Gasteiger partial charge in [-0.1, -0.05) is 69.4 Å². The fourth-order valence-corrected chi connectivity index (χ4v) is 6.17. The summed E-state index contributed by atoms with van der Waals surface area (Å²) in [7, 11) is 1.86. The molecule has 0 N–H and O–H groups in total. The van der Waals surface area contributed by atoms with Crippen molar-refractivity contribution < 1.29 is 0 Å². The number of fused-ring (bicyclic) bond motifs is 3. The highest BCUT2D eigenvalue weighted by atomic mass is 28.3. The number of rotatable bonds is 1. The summed E-state index contributed by atoms with van der Waals surface area (Å²) < 4.78 is 0. The van der Waals surface area contributed by atoms with E-state index in [2.05, 4.69) is 26.9 Å². The molecule has 2 fully saturated rings. The predicted octanol–water partition coefficient (Wildman–Crippen LogP) is 4.13. The van der Waals surface area contributed by atoms with Gasteiger partial charge in [0, 0.05) is 8.07 Å². The van der Waals surface area contributed by atoms with Crippen LogP contribution < -0.4 is 0 Å². The molecule has 1 radical (unpaired) electrons. The summed E-state index contributed by atoms with van der Waals surface area (Å²) in [6.07, 6.45) is 9.07. The second-order valence-electron chi connectivity index (χ2n) is 6.47. The van der Waals surface area contributed by atoms with Gasteiger partial charge in [-0.25, -0.2) is 0 Å². The third-order valence-electron chi connectivity index (χ3n) is 4.29. The van der Waals surface area contributed by atoms with Crippen LogP contribution in [0.15, 0.2) is 0 Å². The van der Waals surface area contributed by atoms with Crippen LogP contribution in [0.3, 0.4) is 0 Å². The van der Waals surface area contributed by atoms with Gasteiger partial charge in [0.25, 0.3) is 0 Å². The van der Waals surface area contributed by atoms with Crippen LogP contribution in [-0.2, 0) is 0 Å². The van der Waals surface area contributed by atoms with Crippen LogP contribution in [0.4, 0.5) is 0 Å². The minimum Gasteiger partial charge on any atom is -0.0699 e. The second-order valence-corrected chi connectivity index (χ2v) is 11.9. The molecule has 0 saturated carbocycles. The number of hydrogen-bond donors (Lipinski definition) is 0.